The van der Waals surface area contributed by atoms with Crippen molar-refractivity contribution in [3.63, 3.8) is 0 Å². The first kappa shape index (κ1) is 13.1. The number of halogens is 2. The molecule has 4 N–H and O–H groups in total. The molecule has 0 saturated carbocycles. The highest BCUT2D eigenvalue weighted by atomic mass is 79.9. The Bertz CT molecular complexity index is 668. The van der Waals surface area contributed by atoms with Crippen LogP contribution in [0.3, 0.4) is 0 Å². The number of nitrogens with zero attached hydrogens (tertiary/aromatic N) is 1. The molecule has 0 saturated heterocycles. The molecule has 1 aliphatic heterocycles. The van der Waals surface area contributed by atoms with Crippen molar-refractivity contribution in [2.24, 2.45) is 0 Å². The average Bonchev–Trinajstić information content (AvgIpc) is 2.46. The number of aromatic nitrogens is 1. The van der Waals surface area contributed by atoms with E-state index >= 15 is 0 Å². The number of nitrogen functional groups attached to an aromatic ring is 1. The van der Waals surface area contributed by atoms with Gasteiger partial charge in [0.1, 0.15) is 18.1 Å². The van der Waals surface area contributed by atoms with Gasteiger partial charge in [-0.05, 0) is 28.1 Å². The molecule has 0 spiro atoms. The number of hydrogen-bond donors (Lipinski definition) is 3. The molecular formula is C13H11BrFN3O2. The Labute approximate surface area is 122 Å². The van der Waals surface area contributed by atoms with E-state index in [-0.39, 0.29) is 18.0 Å². The molecule has 3 rings (SSSR count). The van der Waals surface area contributed by atoms with Gasteiger partial charge in [0.15, 0.2) is 11.5 Å². The van der Waals surface area contributed by atoms with Gasteiger partial charge in [0, 0.05) is 18.0 Å². The van der Waals surface area contributed by atoms with Crippen molar-refractivity contribution in [1.29, 1.82) is 0 Å². The SMILES string of the molecule is Nc1c(F)cc(Br)c2c1NC(O)(c1cccnc1)CO2. The minimum absolute atomic E-state index is 0.0463. The number of hydrogen-bond acceptors (Lipinski definition) is 5. The maximum absolute atomic E-state index is 13.7. The fraction of sp³-hybridized carbons (Fsp3) is 0.154. The number of benzene rings is 1. The molecular weight excluding hydrogens is 329 g/mol. The molecule has 1 aromatic heterocycles. The van der Waals surface area contributed by atoms with Gasteiger partial charge in [0.2, 0.25) is 0 Å². The Morgan fingerprint density at radius 3 is 3.05 bits per heavy atom. The molecule has 104 valence electrons. The Hall–Kier alpha value is -1.86. The summed E-state index contributed by atoms with van der Waals surface area (Å²) in [6, 6.07) is 4.61. The molecule has 0 aliphatic carbocycles. The Morgan fingerprint density at radius 2 is 2.35 bits per heavy atom. The molecule has 1 aliphatic rings. The third-order valence-electron chi connectivity index (χ3n) is 3.12. The number of fused-ring (bicyclic) bond motifs is 1. The van der Waals surface area contributed by atoms with Gasteiger partial charge in [0.05, 0.1) is 10.2 Å². The monoisotopic (exact) mass is 339 g/mol. The van der Waals surface area contributed by atoms with Crippen LogP contribution in [0.5, 0.6) is 5.75 Å². The van der Waals surface area contributed by atoms with Crippen molar-refractivity contribution in [3.8, 4) is 5.75 Å². The molecule has 1 unspecified atom stereocenters. The number of anilines is 2. The molecule has 7 heteroatoms. The first-order chi connectivity index (χ1) is 9.51. The second-order valence-electron chi connectivity index (χ2n) is 4.47. The summed E-state index contributed by atoms with van der Waals surface area (Å²) in [6.45, 7) is -0.0463. The lowest BCUT2D eigenvalue weighted by molar-refractivity contribution is 0.00740. The van der Waals surface area contributed by atoms with E-state index in [9.17, 15) is 9.50 Å². The fourth-order valence-corrected chi connectivity index (χ4v) is 2.58. The first-order valence-electron chi connectivity index (χ1n) is 5.82. The number of pyridine rings is 1. The summed E-state index contributed by atoms with van der Waals surface area (Å²) in [7, 11) is 0. The van der Waals surface area contributed by atoms with Crippen molar-refractivity contribution in [1.82, 2.24) is 4.98 Å². The summed E-state index contributed by atoms with van der Waals surface area (Å²) < 4.78 is 19.6. The van der Waals surface area contributed by atoms with Crippen molar-refractivity contribution >= 4 is 27.3 Å². The Kier molecular flexibility index (Phi) is 3.02. The number of aliphatic hydroxyl groups is 1. The van der Waals surface area contributed by atoms with Crippen LogP contribution in [-0.2, 0) is 5.72 Å². The van der Waals surface area contributed by atoms with E-state index in [0.29, 0.717) is 15.8 Å². The van der Waals surface area contributed by atoms with Crippen molar-refractivity contribution < 1.29 is 14.2 Å². The maximum atomic E-state index is 13.7. The van der Waals surface area contributed by atoms with E-state index < -0.39 is 11.5 Å². The van der Waals surface area contributed by atoms with Crippen LogP contribution in [-0.4, -0.2) is 16.7 Å². The van der Waals surface area contributed by atoms with E-state index in [4.69, 9.17) is 10.5 Å². The van der Waals surface area contributed by atoms with Crippen LogP contribution in [0.2, 0.25) is 0 Å². The lowest BCUT2D eigenvalue weighted by Crippen LogP contribution is -2.44. The highest BCUT2D eigenvalue weighted by molar-refractivity contribution is 9.10. The molecule has 0 radical (unpaired) electrons. The van der Waals surface area contributed by atoms with Crippen LogP contribution < -0.4 is 15.8 Å². The normalized spacial score (nSPS) is 20.8. The molecule has 1 atom stereocenters. The van der Waals surface area contributed by atoms with Crippen LogP contribution in [0.25, 0.3) is 0 Å². The molecule has 2 heterocycles. The van der Waals surface area contributed by atoms with Gasteiger partial charge in [-0.3, -0.25) is 4.98 Å². The molecule has 0 bridgehead atoms. The smallest absolute Gasteiger partial charge is 0.198 e. The minimum Gasteiger partial charge on any atom is -0.485 e. The number of nitrogens with two attached hydrogens (primary N) is 1. The van der Waals surface area contributed by atoms with Crippen LogP contribution in [0.15, 0.2) is 35.1 Å². The van der Waals surface area contributed by atoms with Gasteiger partial charge in [-0.2, -0.15) is 0 Å². The lowest BCUT2D eigenvalue weighted by atomic mass is 10.0. The second-order valence-corrected chi connectivity index (χ2v) is 5.33. The third-order valence-corrected chi connectivity index (χ3v) is 3.71. The Balaban J connectivity index is 2.08. The highest BCUT2D eigenvalue weighted by Crippen LogP contribution is 2.45. The molecule has 1 aromatic carbocycles. The van der Waals surface area contributed by atoms with Gasteiger partial charge in [-0.25, -0.2) is 4.39 Å². The molecule has 0 fully saturated rings. The number of rotatable bonds is 1. The van der Waals surface area contributed by atoms with Gasteiger partial charge < -0.3 is 20.9 Å². The van der Waals surface area contributed by atoms with Gasteiger partial charge >= 0.3 is 0 Å². The topological polar surface area (TPSA) is 80.4 Å². The summed E-state index contributed by atoms with van der Waals surface area (Å²) in [6.07, 6.45) is 3.10. The van der Waals surface area contributed by atoms with Crippen LogP contribution >= 0.6 is 15.9 Å². The van der Waals surface area contributed by atoms with Crippen LogP contribution in [0, 0.1) is 5.82 Å². The van der Waals surface area contributed by atoms with Crippen molar-refractivity contribution in [2.45, 2.75) is 5.72 Å². The van der Waals surface area contributed by atoms with Crippen molar-refractivity contribution in [2.75, 3.05) is 17.7 Å². The predicted octanol–water partition coefficient (Wildman–Crippen LogP) is 2.21. The molecule has 2 aromatic rings. The first-order valence-corrected chi connectivity index (χ1v) is 6.62. The summed E-state index contributed by atoms with van der Waals surface area (Å²) in [5.74, 6) is -0.223. The largest absolute Gasteiger partial charge is 0.485 e. The van der Waals surface area contributed by atoms with Gasteiger partial charge in [0.25, 0.3) is 0 Å². The molecule has 5 nitrogen and oxygen atoms in total. The van der Waals surface area contributed by atoms with E-state index in [2.05, 4.69) is 26.2 Å². The zero-order valence-corrected chi connectivity index (χ0v) is 11.8. The zero-order valence-electron chi connectivity index (χ0n) is 10.2. The van der Waals surface area contributed by atoms with E-state index in [0.717, 1.165) is 0 Å². The quantitative estimate of drug-likeness (QED) is 0.694. The third kappa shape index (κ3) is 1.99. The second kappa shape index (κ2) is 4.60. The van der Waals surface area contributed by atoms with Crippen LogP contribution in [0.4, 0.5) is 15.8 Å². The standard InChI is InChI=1S/C13H11BrFN3O2/c14-8-4-9(15)10(16)11-12(8)20-6-13(19,18-11)7-2-1-3-17-5-7/h1-5,18-19H,6,16H2. The summed E-state index contributed by atoms with van der Waals surface area (Å²) in [5, 5.41) is 13.5. The fourth-order valence-electron chi connectivity index (χ4n) is 2.06. The van der Waals surface area contributed by atoms with E-state index in [1.54, 1.807) is 18.3 Å². The molecule has 0 amide bonds. The van der Waals surface area contributed by atoms with Gasteiger partial charge in [-0.15, -0.1) is 0 Å². The minimum atomic E-state index is -1.51. The van der Waals surface area contributed by atoms with Gasteiger partial charge in [-0.1, -0.05) is 6.07 Å². The van der Waals surface area contributed by atoms with E-state index in [1.807, 2.05) is 0 Å². The Morgan fingerprint density at radius 1 is 1.55 bits per heavy atom. The molecule has 20 heavy (non-hydrogen) atoms. The summed E-state index contributed by atoms with van der Waals surface area (Å²) in [4.78, 5) is 3.95. The lowest BCUT2D eigenvalue weighted by Gasteiger charge is -2.36. The predicted molar refractivity (Wildman–Crippen MR) is 75.8 cm³/mol. The number of ether oxygens (including phenoxy) is 1. The number of nitrogens with one attached hydrogen (secondary N) is 1. The average molecular weight is 340 g/mol. The highest BCUT2D eigenvalue weighted by Gasteiger charge is 2.37. The summed E-state index contributed by atoms with van der Waals surface area (Å²) >= 11 is 3.21. The maximum Gasteiger partial charge on any atom is 0.198 e. The van der Waals surface area contributed by atoms with Crippen molar-refractivity contribution in [3.05, 3.63) is 46.4 Å². The van der Waals surface area contributed by atoms with Crippen LogP contribution in [0.1, 0.15) is 5.56 Å². The zero-order chi connectivity index (χ0) is 14.3. The summed E-state index contributed by atoms with van der Waals surface area (Å²) in [5.41, 5.74) is 4.81. The van der Waals surface area contributed by atoms with E-state index in [1.165, 1.54) is 12.3 Å².